The summed E-state index contributed by atoms with van der Waals surface area (Å²) in [5.74, 6) is -0.289. The fraction of sp³-hybridized carbons (Fsp3) is 0.125. The van der Waals surface area contributed by atoms with E-state index in [0.29, 0.717) is 4.68 Å². The Balaban J connectivity index is 1.44. The van der Waals surface area contributed by atoms with Crippen LogP contribution in [0.25, 0.3) is 33.5 Å². The largest absolute Gasteiger partial charge is 0.433 e. The zero-order valence-electron chi connectivity index (χ0n) is 18.3. The highest BCUT2D eigenvalue weighted by Crippen LogP contribution is 2.36. The second-order valence-corrected chi connectivity index (χ2v) is 7.79. The third-order valence-corrected chi connectivity index (χ3v) is 5.35. The molecule has 5 heterocycles. The summed E-state index contributed by atoms with van der Waals surface area (Å²) in [6.45, 7) is 0. The molecule has 1 amide bonds. The first-order chi connectivity index (χ1) is 16.8. The molecule has 0 spiro atoms. The normalized spacial score (nSPS) is 11.7. The van der Waals surface area contributed by atoms with Gasteiger partial charge in [-0.2, -0.15) is 18.3 Å². The van der Waals surface area contributed by atoms with Gasteiger partial charge in [0.25, 0.3) is 0 Å². The number of nitrogens with zero attached hydrogens (tertiary/aromatic N) is 5. The zero-order valence-corrected chi connectivity index (χ0v) is 18.3. The number of alkyl halides is 3. The number of amides is 1. The Morgan fingerprint density at radius 1 is 1.03 bits per heavy atom. The van der Waals surface area contributed by atoms with Crippen LogP contribution in [0.15, 0.2) is 67.1 Å². The molecule has 0 bridgehead atoms. The van der Waals surface area contributed by atoms with E-state index in [1.54, 1.807) is 24.5 Å². The molecular formula is C24H18F3N7O. The van der Waals surface area contributed by atoms with E-state index in [0.717, 1.165) is 39.6 Å². The maximum absolute atomic E-state index is 13.0. The maximum atomic E-state index is 13.0. The quantitative estimate of drug-likeness (QED) is 0.385. The van der Waals surface area contributed by atoms with Gasteiger partial charge in [0.1, 0.15) is 11.5 Å². The van der Waals surface area contributed by atoms with E-state index in [1.165, 1.54) is 13.2 Å². The van der Waals surface area contributed by atoms with Crippen molar-refractivity contribution >= 4 is 22.8 Å². The summed E-state index contributed by atoms with van der Waals surface area (Å²) in [4.78, 5) is 29.0. The highest BCUT2D eigenvalue weighted by molar-refractivity contribution is 6.01. The zero-order chi connectivity index (χ0) is 24.6. The van der Waals surface area contributed by atoms with E-state index in [4.69, 9.17) is 0 Å². The Hall–Kier alpha value is -4.54. The van der Waals surface area contributed by atoms with Crippen LogP contribution in [0.4, 0.5) is 19.0 Å². The number of hydrogen-bond acceptors (Lipinski definition) is 5. The number of H-pyrrole nitrogens is 1. The number of halogens is 3. The first-order valence-electron chi connectivity index (χ1n) is 10.5. The van der Waals surface area contributed by atoms with Gasteiger partial charge in [0.05, 0.1) is 40.1 Å². The van der Waals surface area contributed by atoms with Gasteiger partial charge in [0.15, 0.2) is 0 Å². The number of aromatic amines is 1. The van der Waals surface area contributed by atoms with E-state index < -0.39 is 17.8 Å². The topological polar surface area (TPSA) is 101 Å². The Kier molecular flexibility index (Phi) is 5.51. The van der Waals surface area contributed by atoms with Crippen molar-refractivity contribution in [2.45, 2.75) is 12.6 Å². The Morgan fingerprint density at radius 2 is 1.86 bits per heavy atom. The van der Waals surface area contributed by atoms with Gasteiger partial charge in [0, 0.05) is 31.2 Å². The second kappa shape index (κ2) is 8.67. The smallest absolute Gasteiger partial charge is 0.353 e. The lowest BCUT2D eigenvalue weighted by atomic mass is 10.0. The van der Waals surface area contributed by atoms with Crippen molar-refractivity contribution in [1.29, 1.82) is 0 Å². The number of fused-ring (bicyclic) bond motifs is 1. The molecule has 5 rings (SSSR count). The van der Waals surface area contributed by atoms with Crippen LogP contribution < -0.4 is 5.32 Å². The second-order valence-electron chi connectivity index (χ2n) is 7.79. The van der Waals surface area contributed by atoms with Crippen LogP contribution >= 0.6 is 0 Å². The van der Waals surface area contributed by atoms with E-state index in [2.05, 4.69) is 30.4 Å². The lowest BCUT2D eigenvalue weighted by molar-refractivity contribution is -0.143. The van der Waals surface area contributed by atoms with Crippen LogP contribution in [-0.2, 0) is 24.4 Å². The monoisotopic (exact) mass is 477 g/mol. The highest BCUT2D eigenvalue weighted by Gasteiger charge is 2.35. The molecule has 0 saturated heterocycles. The minimum absolute atomic E-state index is 0.00705. The molecular weight excluding hydrogens is 459 g/mol. The van der Waals surface area contributed by atoms with Crippen LogP contribution in [0, 0.1) is 0 Å². The van der Waals surface area contributed by atoms with Crippen LogP contribution in [0.2, 0.25) is 0 Å². The fourth-order valence-corrected chi connectivity index (χ4v) is 3.88. The van der Waals surface area contributed by atoms with Gasteiger partial charge in [-0.15, -0.1) is 0 Å². The average Bonchev–Trinajstić information content (AvgIpc) is 3.40. The third kappa shape index (κ3) is 4.47. The molecule has 0 radical (unpaired) electrons. The molecule has 0 fully saturated rings. The van der Waals surface area contributed by atoms with Gasteiger partial charge < -0.3 is 10.3 Å². The molecule has 0 unspecified atom stereocenters. The van der Waals surface area contributed by atoms with E-state index in [1.807, 2.05) is 30.3 Å². The highest BCUT2D eigenvalue weighted by atomic mass is 19.4. The fourth-order valence-electron chi connectivity index (χ4n) is 3.88. The van der Waals surface area contributed by atoms with Crippen molar-refractivity contribution in [1.82, 2.24) is 29.7 Å². The molecule has 0 atom stereocenters. The SMILES string of the molecule is Cn1nc(CC(=O)Nc2cc(-c3[nH]c4cccnc4c3-c3ccccn3)ccn2)cc1C(F)(F)F. The van der Waals surface area contributed by atoms with Gasteiger partial charge in [-0.05, 0) is 42.5 Å². The summed E-state index contributed by atoms with van der Waals surface area (Å²) in [5.41, 5.74) is 3.66. The molecule has 0 aliphatic rings. The average molecular weight is 477 g/mol. The van der Waals surface area contributed by atoms with E-state index >= 15 is 0 Å². The molecule has 0 saturated carbocycles. The minimum Gasteiger partial charge on any atom is -0.353 e. The van der Waals surface area contributed by atoms with Gasteiger partial charge in [0.2, 0.25) is 5.91 Å². The lowest BCUT2D eigenvalue weighted by Crippen LogP contribution is -2.15. The standard InChI is InChI=1S/C24H18F3N7O/c1-34-18(24(25,26)27)12-15(33-34)13-20(35)32-19-11-14(7-10-29-19)22-21(16-5-2-3-8-28-16)23-17(31-22)6-4-9-30-23/h2-12,31H,13H2,1H3,(H,29,32,35). The summed E-state index contributed by atoms with van der Waals surface area (Å²) < 4.78 is 39.7. The Bertz CT molecular complexity index is 1520. The van der Waals surface area contributed by atoms with Crippen LogP contribution in [-0.4, -0.2) is 35.6 Å². The van der Waals surface area contributed by atoms with Crippen molar-refractivity contribution < 1.29 is 18.0 Å². The van der Waals surface area contributed by atoms with Crippen LogP contribution in [0.5, 0.6) is 0 Å². The van der Waals surface area contributed by atoms with Gasteiger partial charge in [-0.1, -0.05) is 6.07 Å². The number of hydrogen-bond donors (Lipinski definition) is 2. The van der Waals surface area contributed by atoms with Crippen molar-refractivity contribution in [2.24, 2.45) is 7.05 Å². The van der Waals surface area contributed by atoms with Gasteiger partial charge in [-0.25, -0.2) is 4.98 Å². The summed E-state index contributed by atoms with van der Waals surface area (Å²) in [5, 5.41) is 6.43. The number of pyridine rings is 3. The summed E-state index contributed by atoms with van der Waals surface area (Å²) in [6.07, 6.45) is 0.0549. The number of carbonyl (C=O) groups excluding carboxylic acids is 1. The van der Waals surface area contributed by atoms with Crippen molar-refractivity contribution in [3.63, 3.8) is 0 Å². The summed E-state index contributed by atoms with van der Waals surface area (Å²) >= 11 is 0. The molecule has 35 heavy (non-hydrogen) atoms. The molecule has 0 aliphatic heterocycles. The first kappa shape index (κ1) is 22.3. The summed E-state index contributed by atoms with van der Waals surface area (Å²) in [6, 6.07) is 13.6. The molecule has 0 aromatic carbocycles. The number of anilines is 1. The third-order valence-electron chi connectivity index (χ3n) is 5.35. The maximum Gasteiger partial charge on any atom is 0.433 e. The molecule has 8 nitrogen and oxygen atoms in total. The predicted molar refractivity (Wildman–Crippen MR) is 123 cm³/mol. The Morgan fingerprint density at radius 3 is 2.60 bits per heavy atom. The molecule has 2 N–H and O–H groups in total. The molecule has 176 valence electrons. The molecule has 0 aliphatic carbocycles. The van der Waals surface area contributed by atoms with Crippen LogP contribution in [0.1, 0.15) is 11.4 Å². The van der Waals surface area contributed by atoms with Gasteiger partial charge >= 0.3 is 6.18 Å². The van der Waals surface area contributed by atoms with Crippen molar-refractivity contribution in [2.75, 3.05) is 5.32 Å². The predicted octanol–water partition coefficient (Wildman–Crippen LogP) is 4.62. The number of carbonyl (C=O) groups is 1. The van der Waals surface area contributed by atoms with E-state index in [-0.39, 0.29) is 17.9 Å². The number of rotatable bonds is 5. The minimum atomic E-state index is -4.55. The number of aromatic nitrogens is 6. The number of aryl methyl sites for hydroxylation is 1. The van der Waals surface area contributed by atoms with Crippen molar-refractivity contribution in [3.8, 4) is 22.5 Å². The van der Waals surface area contributed by atoms with E-state index in [9.17, 15) is 18.0 Å². The lowest BCUT2D eigenvalue weighted by Gasteiger charge is -2.07. The van der Waals surface area contributed by atoms with Crippen LogP contribution in [0.3, 0.4) is 0 Å². The molecule has 5 aromatic heterocycles. The Labute approximate surface area is 196 Å². The molecule has 11 heteroatoms. The van der Waals surface area contributed by atoms with Crippen molar-refractivity contribution in [3.05, 3.63) is 78.5 Å². The number of nitrogens with one attached hydrogen (secondary N) is 2. The first-order valence-corrected chi connectivity index (χ1v) is 10.5. The summed E-state index contributed by atoms with van der Waals surface area (Å²) in [7, 11) is 1.18. The molecule has 5 aromatic rings. The van der Waals surface area contributed by atoms with Gasteiger partial charge in [-0.3, -0.25) is 19.4 Å².